The first-order valence-corrected chi connectivity index (χ1v) is 8.17. The van der Waals surface area contributed by atoms with Gasteiger partial charge < -0.3 is 10.1 Å². The predicted molar refractivity (Wildman–Crippen MR) is 94.7 cm³/mol. The zero-order valence-electron chi connectivity index (χ0n) is 13.5. The molecule has 25 heavy (non-hydrogen) atoms. The van der Waals surface area contributed by atoms with Crippen LogP contribution in [0.5, 0.6) is 0 Å². The van der Waals surface area contributed by atoms with E-state index >= 15 is 0 Å². The first kappa shape index (κ1) is 18.7. The molecule has 1 N–H and O–H groups in total. The number of nitro groups is 1. The quantitative estimate of drug-likeness (QED) is 0.316. The zero-order valence-corrected chi connectivity index (χ0v) is 14.2. The molecular formula is C17H18ClN3O4. The van der Waals surface area contributed by atoms with Crippen LogP contribution in [0.25, 0.3) is 0 Å². The summed E-state index contributed by atoms with van der Waals surface area (Å²) in [4.78, 5) is 25.6. The molecule has 132 valence electrons. The second-order valence-corrected chi connectivity index (χ2v) is 5.72. The number of benzene rings is 1. The molecule has 1 aromatic carbocycles. The lowest BCUT2D eigenvalue weighted by molar-refractivity contribution is -0.385. The molecule has 1 heterocycles. The number of halogens is 1. The van der Waals surface area contributed by atoms with Gasteiger partial charge in [0.1, 0.15) is 18.6 Å². The van der Waals surface area contributed by atoms with Crippen LogP contribution in [0.15, 0.2) is 42.6 Å². The molecule has 0 saturated heterocycles. The average molecular weight is 364 g/mol. The summed E-state index contributed by atoms with van der Waals surface area (Å²) in [6.45, 7) is 0.589. The molecule has 2 aromatic rings. The van der Waals surface area contributed by atoms with Crippen LogP contribution in [0.2, 0.25) is 5.02 Å². The molecular weight excluding hydrogens is 346 g/mol. The fraction of sp³-hybridized carbons (Fsp3) is 0.294. The Morgan fingerprint density at radius 1 is 1.24 bits per heavy atom. The van der Waals surface area contributed by atoms with Crippen LogP contribution < -0.4 is 5.32 Å². The van der Waals surface area contributed by atoms with Crippen molar-refractivity contribution in [2.24, 2.45) is 0 Å². The molecule has 7 nitrogen and oxygen atoms in total. The molecule has 0 aliphatic rings. The Kier molecular flexibility index (Phi) is 7.16. The number of hydrogen-bond acceptors (Lipinski definition) is 6. The van der Waals surface area contributed by atoms with Gasteiger partial charge in [-0.25, -0.2) is 4.98 Å². The highest BCUT2D eigenvalue weighted by atomic mass is 35.5. The Balaban J connectivity index is 1.58. The number of ether oxygens (including phenoxy) is 1. The molecule has 2 rings (SSSR count). The lowest BCUT2D eigenvalue weighted by Crippen LogP contribution is -2.14. The standard InChI is InChI=1S/C17H18ClN3O4/c18-14-6-4-13(5-7-14)2-1-3-17(22)25-11-10-19-16-9-8-15(12-20-16)21(23)24/h4-9,12H,1-3,10-11H2,(H,19,20). The number of carbonyl (C=O) groups is 1. The van der Waals surface area contributed by atoms with Gasteiger partial charge in [0.15, 0.2) is 0 Å². The maximum atomic E-state index is 11.7. The summed E-state index contributed by atoms with van der Waals surface area (Å²) in [5.41, 5.74) is 1.06. The Hall–Kier alpha value is -2.67. The fourth-order valence-electron chi connectivity index (χ4n) is 2.10. The maximum absolute atomic E-state index is 11.7. The normalized spacial score (nSPS) is 10.3. The minimum atomic E-state index is -0.511. The molecule has 0 aliphatic heterocycles. The molecule has 0 spiro atoms. The Morgan fingerprint density at radius 3 is 2.64 bits per heavy atom. The van der Waals surface area contributed by atoms with Crippen LogP contribution >= 0.6 is 11.6 Å². The van der Waals surface area contributed by atoms with E-state index in [0.29, 0.717) is 30.2 Å². The van der Waals surface area contributed by atoms with Crippen molar-refractivity contribution in [1.29, 1.82) is 0 Å². The van der Waals surface area contributed by atoms with Crippen LogP contribution in [0.4, 0.5) is 11.5 Å². The first-order valence-electron chi connectivity index (χ1n) is 7.79. The summed E-state index contributed by atoms with van der Waals surface area (Å²) in [5, 5.41) is 14.1. The molecule has 0 bridgehead atoms. The Morgan fingerprint density at radius 2 is 2.00 bits per heavy atom. The molecule has 0 amide bonds. The van der Waals surface area contributed by atoms with Crippen molar-refractivity contribution < 1.29 is 14.5 Å². The van der Waals surface area contributed by atoms with Crippen molar-refractivity contribution in [3.8, 4) is 0 Å². The number of aromatic nitrogens is 1. The van der Waals surface area contributed by atoms with Crippen LogP contribution in [-0.2, 0) is 16.0 Å². The van der Waals surface area contributed by atoms with Gasteiger partial charge in [-0.2, -0.15) is 0 Å². The lowest BCUT2D eigenvalue weighted by atomic mass is 10.1. The number of rotatable bonds is 9. The van der Waals surface area contributed by atoms with Crippen molar-refractivity contribution in [3.05, 3.63) is 63.3 Å². The van der Waals surface area contributed by atoms with Gasteiger partial charge in [0, 0.05) is 17.5 Å². The van der Waals surface area contributed by atoms with Gasteiger partial charge in [-0.3, -0.25) is 14.9 Å². The second-order valence-electron chi connectivity index (χ2n) is 5.29. The largest absolute Gasteiger partial charge is 0.464 e. The number of nitrogens with zero attached hydrogens (tertiary/aromatic N) is 2. The van der Waals surface area contributed by atoms with Gasteiger partial charge in [-0.15, -0.1) is 0 Å². The summed E-state index contributed by atoms with van der Waals surface area (Å²) in [7, 11) is 0. The molecule has 0 atom stereocenters. The van der Waals surface area contributed by atoms with E-state index < -0.39 is 4.92 Å². The summed E-state index contributed by atoms with van der Waals surface area (Å²) in [6.07, 6.45) is 3.01. The second kappa shape index (κ2) is 9.58. The molecule has 0 saturated carbocycles. The van der Waals surface area contributed by atoms with Gasteiger partial charge in [0.2, 0.25) is 0 Å². The van der Waals surface area contributed by atoms with Crippen molar-refractivity contribution in [2.45, 2.75) is 19.3 Å². The minimum Gasteiger partial charge on any atom is -0.464 e. The number of carbonyl (C=O) groups excluding carboxylic acids is 1. The fourth-order valence-corrected chi connectivity index (χ4v) is 2.23. The molecule has 0 fully saturated rings. The molecule has 0 radical (unpaired) electrons. The van der Waals surface area contributed by atoms with Gasteiger partial charge in [0.25, 0.3) is 5.69 Å². The van der Waals surface area contributed by atoms with Gasteiger partial charge in [-0.1, -0.05) is 23.7 Å². The number of nitrogens with one attached hydrogen (secondary N) is 1. The minimum absolute atomic E-state index is 0.0716. The topological polar surface area (TPSA) is 94.4 Å². The third-order valence-corrected chi connectivity index (χ3v) is 3.64. The van der Waals surface area contributed by atoms with E-state index in [1.807, 2.05) is 24.3 Å². The highest BCUT2D eigenvalue weighted by Gasteiger charge is 2.06. The summed E-state index contributed by atoms with van der Waals surface area (Å²) < 4.78 is 5.12. The highest BCUT2D eigenvalue weighted by molar-refractivity contribution is 6.30. The third-order valence-electron chi connectivity index (χ3n) is 3.39. The number of anilines is 1. The average Bonchev–Trinajstić information content (AvgIpc) is 2.61. The molecule has 0 aliphatic carbocycles. The number of pyridine rings is 1. The lowest BCUT2D eigenvalue weighted by Gasteiger charge is -2.07. The van der Waals surface area contributed by atoms with Gasteiger partial charge in [-0.05, 0) is 36.6 Å². The summed E-state index contributed by atoms with van der Waals surface area (Å²) in [5.74, 6) is 0.233. The van der Waals surface area contributed by atoms with E-state index in [-0.39, 0.29) is 18.3 Å². The van der Waals surface area contributed by atoms with E-state index in [0.717, 1.165) is 12.0 Å². The molecule has 8 heteroatoms. The maximum Gasteiger partial charge on any atom is 0.305 e. The van der Waals surface area contributed by atoms with Crippen molar-refractivity contribution in [2.75, 3.05) is 18.5 Å². The van der Waals surface area contributed by atoms with E-state index in [1.165, 1.54) is 18.3 Å². The van der Waals surface area contributed by atoms with E-state index in [4.69, 9.17) is 16.3 Å². The number of aryl methyl sites for hydroxylation is 1. The van der Waals surface area contributed by atoms with Crippen LogP contribution in [0, 0.1) is 10.1 Å². The SMILES string of the molecule is O=C(CCCc1ccc(Cl)cc1)OCCNc1ccc([N+](=O)[O-])cn1. The Bertz CT molecular complexity index is 705. The zero-order chi connectivity index (χ0) is 18.1. The predicted octanol–water partition coefficient (Wildman–Crippen LogP) is 3.62. The van der Waals surface area contributed by atoms with E-state index in [2.05, 4.69) is 10.3 Å². The van der Waals surface area contributed by atoms with E-state index in [9.17, 15) is 14.9 Å². The van der Waals surface area contributed by atoms with Gasteiger partial charge in [0.05, 0.1) is 11.5 Å². The van der Waals surface area contributed by atoms with Crippen molar-refractivity contribution in [3.63, 3.8) is 0 Å². The summed E-state index contributed by atoms with van der Waals surface area (Å²) >= 11 is 5.82. The molecule has 1 aromatic heterocycles. The molecule has 0 unspecified atom stereocenters. The summed E-state index contributed by atoms with van der Waals surface area (Å²) in [6, 6.07) is 10.4. The smallest absolute Gasteiger partial charge is 0.305 e. The van der Waals surface area contributed by atoms with Crippen molar-refractivity contribution >= 4 is 29.1 Å². The van der Waals surface area contributed by atoms with Crippen LogP contribution in [0.1, 0.15) is 18.4 Å². The van der Waals surface area contributed by atoms with Crippen LogP contribution in [-0.4, -0.2) is 29.0 Å². The number of esters is 1. The van der Waals surface area contributed by atoms with Crippen molar-refractivity contribution in [1.82, 2.24) is 4.98 Å². The van der Waals surface area contributed by atoms with Crippen LogP contribution in [0.3, 0.4) is 0 Å². The van der Waals surface area contributed by atoms with E-state index in [1.54, 1.807) is 0 Å². The monoisotopic (exact) mass is 363 g/mol. The Labute approximate surface area is 150 Å². The third kappa shape index (κ3) is 6.76. The first-order chi connectivity index (χ1) is 12.0. The highest BCUT2D eigenvalue weighted by Crippen LogP contribution is 2.12. The van der Waals surface area contributed by atoms with Gasteiger partial charge >= 0.3 is 5.97 Å². The number of hydrogen-bond donors (Lipinski definition) is 1.